The van der Waals surface area contributed by atoms with Gasteiger partial charge in [-0.3, -0.25) is 0 Å². The zero-order chi connectivity index (χ0) is 11.7. The van der Waals surface area contributed by atoms with Crippen molar-refractivity contribution in [2.75, 3.05) is 0 Å². The van der Waals surface area contributed by atoms with E-state index < -0.39 is 20.3 Å². The van der Waals surface area contributed by atoms with Crippen molar-refractivity contribution >= 4 is 10.0 Å². The van der Waals surface area contributed by atoms with Gasteiger partial charge in [-0.25, -0.2) is 8.42 Å². The molecule has 0 aromatic rings. The van der Waals surface area contributed by atoms with Crippen LogP contribution in [0.3, 0.4) is 0 Å². The fourth-order valence-corrected chi connectivity index (χ4v) is 2.70. The molecule has 0 unspecified atom stereocenters. The van der Waals surface area contributed by atoms with Crippen LogP contribution < -0.4 is 4.72 Å². The first-order valence-electron chi connectivity index (χ1n) is 5.17. The SMILES string of the molecule is CC(C)(C)S(=O)(=O)NC1(C#N)CCCC1. The molecule has 0 aromatic carbocycles. The molecular weight excluding hydrogens is 212 g/mol. The summed E-state index contributed by atoms with van der Waals surface area (Å²) in [5, 5.41) is 9.07. The van der Waals surface area contributed by atoms with Crippen molar-refractivity contribution in [3.8, 4) is 6.07 Å². The third-order valence-electron chi connectivity index (χ3n) is 2.81. The molecule has 1 fully saturated rings. The third kappa shape index (κ3) is 2.50. The summed E-state index contributed by atoms with van der Waals surface area (Å²) in [7, 11) is -3.42. The molecule has 15 heavy (non-hydrogen) atoms. The summed E-state index contributed by atoms with van der Waals surface area (Å²) in [6.07, 6.45) is 3.08. The van der Waals surface area contributed by atoms with Gasteiger partial charge in [-0.05, 0) is 33.6 Å². The molecule has 1 N–H and O–H groups in total. The first-order valence-corrected chi connectivity index (χ1v) is 6.66. The number of hydrogen-bond acceptors (Lipinski definition) is 3. The van der Waals surface area contributed by atoms with Gasteiger partial charge in [0.2, 0.25) is 10.0 Å². The van der Waals surface area contributed by atoms with Gasteiger partial charge in [0.15, 0.2) is 0 Å². The Morgan fingerprint density at radius 2 is 1.73 bits per heavy atom. The van der Waals surface area contributed by atoms with Crippen LogP contribution in [0.1, 0.15) is 46.5 Å². The predicted octanol–water partition coefficient (Wildman–Crippen LogP) is 1.54. The minimum absolute atomic E-state index is 0.624. The van der Waals surface area contributed by atoms with Gasteiger partial charge in [0.1, 0.15) is 5.54 Å². The molecule has 1 rings (SSSR count). The van der Waals surface area contributed by atoms with Crippen LogP contribution in [0.4, 0.5) is 0 Å². The van der Waals surface area contributed by atoms with Crippen molar-refractivity contribution < 1.29 is 8.42 Å². The van der Waals surface area contributed by atoms with Crippen molar-refractivity contribution in [2.24, 2.45) is 0 Å². The molecular formula is C10H18N2O2S. The Kier molecular flexibility index (Phi) is 3.13. The first kappa shape index (κ1) is 12.5. The molecule has 4 nitrogen and oxygen atoms in total. The van der Waals surface area contributed by atoms with Crippen molar-refractivity contribution in [1.82, 2.24) is 4.72 Å². The summed E-state index contributed by atoms with van der Waals surface area (Å²) >= 11 is 0. The van der Waals surface area contributed by atoms with Crippen LogP contribution >= 0.6 is 0 Å². The molecule has 86 valence electrons. The first-order chi connectivity index (χ1) is 6.72. The van der Waals surface area contributed by atoms with E-state index >= 15 is 0 Å². The minimum atomic E-state index is -3.42. The number of rotatable bonds is 2. The van der Waals surface area contributed by atoms with Gasteiger partial charge in [-0.15, -0.1) is 0 Å². The Morgan fingerprint density at radius 3 is 2.07 bits per heavy atom. The van der Waals surface area contributed by atoms with Gasteiger partial charge < -0.3 is 0 Å². The van der Waals surface area contributed by atoms with E-state index in [-0.39, 0.29) is 0 Å². The van der Waals surface area contributed by atoms with Crippen molar-refractivity contribution in [1.29, 1.82) is 5.26 Å². The molecule has 1 aliphatic rings. The lowest BCUT2D eigenvalue weighted by Gasteiger charge is -2.27. The maximum Gasteiger partial charge on any atom is 0.217 e. The number of hydrogen-bond donors (Lipinski definition) is 1. The number of nitrogens with zero attached hydrogens (tertiary/aromatic N) is 1. The van der Waals surface area contributed by atoms with E-state index in [9.17, 15) is 8.42 Å². The highest BCUT2D eigenvalue weighted by atomic mass is 32.2. The van der Waals surface area contributed by atoms with Gasteiger partial charge in [-0.1, -0.05) is 12.8 Å². The van der Waals surface area contributed by atoms with E-state index in [1.54, 1.807) is 20.8 Å². The van der Waals surface area contributed by atoms with Gasteiger partial charge in [-0.2, -0.15) is 9.98 Å². The normalized spacial score (nSPS) is 21.2. The van der Waals surface area contributed by atoms with Crippen molar-refractivity contribution in [3.63, 3.8) is 0 Å². The van der Waals surface area contributed by atoms with Crippen LogP contribution in [0.2, 0.25) is 0 Å². The van der Waals surface area contributed by atoms with E-state index in [1.165, 1.54) is 0 Å². The lowest BCUT2D eigenvalue weighted by Crippen LogP contribution is -2.51. The minimum Gasteiger partial charge on any atom is -0.212 e. The van der Waals surface area contributed by atoms with Crippen LogP contribution in [0, 0.1) is 11.3 Å². The lowest BCUT2D eigenvalue weighted by atomic mass is 10.0. The standard InChI is InChI=1S/C10H18N2O2S/c1-9(2,3)15(13,14)12-10(8-11)6-4-5-7-10/h12H,4-7H2,1-3H3. The van der Waals surface area contributed by atoms with E-state index in [4.69, 9.17) is 5.26 Å². The van der Waals surface area contributed by atoms with E-state index in [0.29, 0.717) is 12.8 Å². The summed E-state index contributed by atoms with van der Waals surface area (Å²) in [5.41, 5.74) is -0.855. The van der Waals surface area contributed by atoms with Crippen LogP contribution in [0.25, 0.3) is 0 Å². The average Bonchev–Trinajstić information content (AvgIpc) is 2.51. The summed E-state index contributed by atoms with van der Waals surface area (Å²) in [6.45, 7) is 4.90. The fraction of sp³-hybridized carbons (Fsp3) is 0.900. The Labute approximate surface area is 91.7 Å². The molecule has 5 heteroatoms. The second-order valence-corrected chi connectivity index (χ2v) is 7.55. The molecule has 0 bridgehead atoms. The smallest absolute Gasteiger partial charge is 0.212 e. The molecule has 0 spiro atoms. The predicted molar refractivity (Wildman–Crippen MR) is 58.6 cm³/mol. The zero-order valence-electron chi connectivity index (χ0n) is 9.50. The van der Waals surface area contributed by atoms with Crippen molar-refractivity contribution in [3.05, 3.63) is 0 Å². The third-order valence-corrected chi connectivity index (χ3v) is 5.08. The number of nitrogens with one attached hydrogen (secondary N) is 1. The van der Waals surface area contributed by atoms with E-state index in [1.807, 2.05) is 0 Å². The lowest BCUT2D eigenvalue weighted by molar-refractivity contribution is 0.469. The maximum absolute atomic E-state index is 11.9. The zero-order valence-corrected chi connectivity index (χ0v) is 10.3. The van der Waals surface area contributed by atoms with Crippen LogP contribution in [-0.2, 0) is 10.0 Å². The van der Waals surface area contributed by atoms with Crippen LogP contribution in [0.5, 0.6) is 0 Å². The highest BCUT2D eigenvalue weighted by Crippen LogP contribution is 2.31. The molecule has 0 heterocycles. The summed E-state index contributed by atoms with van der Waals surface area (Å²) < 4.78 is 25.5. The van der Waals surface area contributed by atoms with E-state index in [2.05, 4.69) is 10.8 Å². The Hall–Kier alpha value is -0.600. The van der Waals surface area contributed by atoms with Gasteiger partial charge in [0.25, 0.3) is 0 Å². The molecule has 0 radical (unpaired) electrons. The molecule has 1 saturated carbocycles. The number of sulfonamides is 1. The molecule has 1 aliphatic carbocycles. The molecule has 0 amide bonds. The summed E-state index contributed by atoms with van der Waals surface area (Å²) in [6, 6.07) is 2.12. The highest BCUT2D eigenvalue weighted by molar-refractivity contribution is 7.90. The quantitative estimate of drug-likeness (QED) is 0.782. The van der Waals surface area contributed by atoms with Gasteiger partial charge in [0.05, 0.1) is 10.8 Å². The fourth-order valence-electron chi connectivity index (χ4n) is 1.63. The largest absolute Gasteiger partial charge is 0.217 e. The van der Waals surface area contributed by atoms with Crippen LogP contribution in [0.15, 0.2) is 0 Å². The summed E-state index contributed by atoms with van der Waals surface area (Å²) in [4.78, 5) is 0. The molecule has 0 aliphatic heterocycles. The van der Waals surface area contributed by atoms with Gasteiger partial charge >= 0.3 is 0 Å². The average molecular weight is 230 g/mol. The Morgan fingerprint density at radius 1 is 1.27 bits per heavy atom. The van der Waals surface area contributed by atoms with Crippen molar-refractivity contribution in [2.45, 2.75) is 56.7 Å². The highest BCUT2D eigenvalue weighted by Gasteiger charge is 2.41. The summed E-state index contributed by atoms with van der Waals surface area (Å²) in [5.74, 6) is 0. The number of nitriles is 1. The Bertz CT molecular complexity index is 367. The second kappa shape index (κ2) is 3.76. The van der Waals surface area contributed by atoms with E-state index in [0.717, 1.165) is 12.8 Å². The second-order valence-electron chi connectivity index (χ2n) is 5.12. The molecule has 0 saturated heterocycles. The topological polar surface area (TPSA) is 70.0 Å². The van der Waals surface area contributed by atoms with Gasteiger partial charge in [0, 0.05) is 0 Å². The maximum atomic E-state index is 11.9. The molecule has 0 atom stereocenters. The monoisotopic (exact) mass is 230 g/mol. The molecule has 0 aromatic heterocycles. The van der Waals surface area contributed by atoms with Crippen LogP contribution in [-0.4, -0.2) is 18.7 Å². The Balaban J connectivity index is 2.91.